The second-order valence-corrected chi connectivity index (χ2v) is 5.74. The Morgan fingerprint density at radius 1 is 1.50 bits per heavy atom. The Morgan fingerprint density at radius 2 is 2.28 bits per heavy atom. The van der Waals surface area contributed by atoms with E-state index in [0.717, 1.165) is 25.1 Å². The van der Waals surface area contributed by atoms with E-state index >= 15 is 0 Å². The van der Waals surface area contributed by atoms with E-state index in [9.17, 15) is 8.42 Å². The number of H-pyrrole nitrogens is 1. The largest absolute Gasteiger partial charge is 0.313 e. The van der Waals surface area contributed by atoms with Crippen LogP contribution < -0.4 is 10.0 Å². The van der Waals surface area contributed by atoms with E-state index in [-0.39, 0.29) is 17.3 Å². The first-order chi connectivity index (χ1) is 8.09. The van der Waals surface area contributed by atoms with Gasteiger partial charge in [0.25, 0.3) is 0 Å². The first-order valence-electron chi connectivity index (χ1n) is 5.48. The third-order valence-electron chi connectivity index (χ3n) is 2.72. The molecule has 1 aliphatic rings. The van der Waals surface area contributed by atoms with Gasteiger partial charge >= 0.3 is 0 Å². The fraction of sp³-hybridized carbons (Fsp3) is 0.500. The minimum absolute atomic E-state index is 0. The van der Waals surface area contributed by atoms with Crippen molar-refractivity contribution in [2.45, 2.75) is 18.2 Å². The Balaban J connectivity index is 0.00000162. The van der Waals surface area contributed by atoms with E-state index in [4.69, 9.17) is 0 Å². The third-order valence-corrected chi connectivity index (χ3v) is 4.24. The Hall–Kier alpha value is -0.890. The number of hydrogen-bond donors (Lipinski definition) is 3. The lowest BCUT2D eigenvalue weighted by molar-refractivity contribution is 0.581. The van der Waals surface area contributed by atoms with Crippen LogP contribution in [-0.4, -0.2) is 38.2 Å². The van der Waals surface area contributed by atoms with Gasteiger partial charge in [0, 0.05) is 13.1 Å². The molecule has 0 radical (unpaired) electrons. The molecule has 0 unspecified atom stereocenters. The topological polar surface area (TPSA) is 86.9 Å². The van der Waals surface area contributed by atoms with Gasteiger partial charge in [-0.15, -0.1) is 12.4 Å². The van der Waals surface area contributed by atoms with Gasteiger partial charge in [0.1, 0.15) is 4.90 Å². The number of sulfonamides is 1. The molecule has 6 nitrogen and oxygen atoms in total. The summed E-state index contributed by atoms with van der Waals surface area (Å²) in [4.78, 5) is 0.215. The lowest BCUT2D eigenvalue weighted by atomic mass is 10.1. The van der Waals surface area contributed by atoms with Crippen LogP contribution in [0.25, 0.3) is 0 Å². The van der Waals surface area contributed by atoms with Crippen LogP contribution in [0.15, 0.2) is 22.7 Å². The molecule has 0 saturated heterocycles. The van der Waals surface area contributed by atoms with Gasteiger partial charge in [-0.25, -0.2) is 13.1 Å². The number of rotatable bonds is 4. The minimum Gasteiger partial charge on any atom is -0.313 e. The van der Waals surface area contributed by atoms with Crippen LogP contribution in [0.2, 0.25) is 0 Å². The Morgan fingerprint density at radius 3 is 2.83 bits per heavy atom. The molecule has 1 aromatic heterocycles. The van der Waals surface area contributed by atoms with Crippen LogP contribution in [0.3, 0.4) is 0 Å². The number of nitrogens with zero attached hydrogens (tertiary/aromatic N) is 1. The zero-order valence-corrected chi connectivity index (χ0v) is 11.7. The molecule has 0 spiro atoms. The van der Waals surface area contributed by atoms with Crippen molar-refractivity contribution in [1.82, 2.24) is 20.2 Å². The fourth-order valence-corrected chi connectivity index (χ4v) is 2.88. The van der Waals surface area contributed by atoms with Crippen LogP contribution in [0.1, 0.15) is 12.1 Å². The summed E-state index contributed by atoms with van der Waals surface area (Å²) in [6.45, 7) is 3.76. The van der Waals surface area contributed by atoms with Crippen molar-refractivity contribution in [2.24, 2.45) is 0 Å². The Kier molecular flexibility index (Phi) is 5.33. The van der Waals surface area contributed by atoms with E-state index in [1.807, 2.05) is 6.08 Å². The van der Waals surface area contributed by atoms with E-state index in [0.29, 0.717) is 12.2 Å². The number of hydrogen-bond acceptors (Lipinski definition) is 4. The normalized spacial score (nSPS) is 15.9. The smallest absolute Gasteiger partial charge is 0.244 e. The molecule has 18 heavy (non-hydrogen) atoms. The van der Waals surface area contributed by atoms with E-state index in [1.165, 1.54) is 6.20 Å². The summed E-state index contributed by atoms with van der Waals surface area (Å²) in [6.07, 6.45) is 4.23. The number of aromatic nitrogens is 2. The van der Waals surface area contributed by atoms with E-state index in [1.54, 1.807) is 6.92 Å². The van der Waals surface area contributed by atoms with Crippen molar-refractivity contribution in [3.8, 4) is 0 Å². The van der Waals surface area contributed by atoms with Gasteiger partial charge < -0.3 is 5.32 Å². The number of aryl methyl sites for hydroxylation is 1. The summed E-state index contributed by atoms with van der Waals surface area (Å²) in [5.74, 6) is 0. The van der Waals surface area contributed by atoms with Crippen molar-refractivity contribution in [3.05, 3.63) is 23.5 Å². The number of nitrogens with one attached hydrogen (secondary N) is 3. The quantitative estimate of drug-likeness (QED) is 0.698. The predicted octanol–water partition coefficient (Wildman–Crippen LogP) is 0.338. The number of aromatic amines is 1. The van der Waals surface area contributed by atoms with Crippen molar-refractivity contribution in [3.63, 3.8) is 0 Å². The highest BCUT2D eigenvalue weighted by molar-refractivity contribution is 7.89. The van der Waals surface area contributed by atoms with Gasteiger partial charge in [-0.05, 0) is 19.9 Å². The molecule has 2 rings (SSSR count). The molecular weight excluding hydrogens is 276 g/mol. The average Bonchev–Trinajstić information content (AvgIpc) is 2.75. The lowest BCUT2D eigenvalue weighted by Gasteiger charge is -2.14. The summed E-state index contributed by atoms with van der Waals surface area (Å²) in [5.41, 5.74) is 1.67. The SMILES string of the molecule is Cc1[nH]ncc1S(=O)(=O)NCC1=CCNCC1.Cl. The number of halogens is 1. The Labute approximate surface area is 113 Å². The van der Waals surface area contributed by atoms with Gasteiger partial charge in [0.2, 0.25) is 10.0 Å². The predicted molar refractivity (Wildman–Crippen MR) is 71.3 cm³/mol. The first-order valence-corrected chi connectivity index (χ1v) is 6.96. The van der Waals surface area contributed by atoms with Gasteiger partial charge in [-0.3, -0.25) is 5.10 Å². The molecule has 1 aliphatic heterocycles. The summed E-state index contributed by atoms with van der Waals surface area (Å²) >= 11 is 0. The minimum atomic E-state index is -3.45. The van der Waals surface area contributed by atoms with Gasteiger partial charge in [-0.1, -0.05) is 11.6 Å². The second kappa shape index (κ2) is 6.33. The Bertz CT molecular complexity index is 524. The molecule has 8 heteroatoms. The van der Waals surface area contributed by atoms with Crippen molar-refractivity contribution in [2.75, 3.05) is 19.6 Å². The molecule has 1 aromatic rings. The highest BCUT2D eigenvalue weighted by atomic mass is 35.5. The highest BCUT2D eigenvalue weighted by Gasteiger charge is 2.18. The van der Waals surface area contributed by atoms with Gasteiger partial charge in [-0.2, -0.15) is 5.10 Å². The van der Waals surface area contributed by atoms with Crippen LogP contribution in [0.4, 0.5) is 0 Å². The maximum Gasteiger partial charge on any atom is 0.244 e. The molecule has 0 atom stereocenters. The zero-order chi connectivity index (χ0) is 12.3. The second-order valence-electron chi connectivity index (χ2n) is 4.00. The van der Waals surface area contributed by atoms with Crippen LogP contribution in [0.5, 0.6) is 0 Å². The molecule has 0 bridgehead atoms. The molecule has 0 amide bonds. The average molecular weight is 293 g/mol. The molecule has 2 heterocycles. The standard InChI is InChI=1S/C10H16N4O2S.ClH/c1-8-10(7-12-14-8)17(15,16)13-6-9-2-4-11-5-3-9;/h2,7,11,13H,3-6H2,1H3,(H,12,14);1H. The van der Waals surface area contributed by atoms with E-state index in [2.05, 4.69) is 20.2 Å². The summed E-state index contributed by atoms with van der Waals surface area (Å²) in [5, 5.41) is 9.51. The van der Waals surface area contributed by atoms with Crippen molar-refractivity contribution >= 4 is 22.4 Å². The molecule has 0 aliphatic carbocycles. The lowest BCUT2D eigenvalue weighted by Crippen LogP contribution is -2.29. The van der Waals surface area contributed by atoms with Gasteiger partial charge in [0.05, 0.1) is 11.9 Å². The van der Waals surface area contributed by atoms with Crippen molar-refractivity contribution in [1.29, 1.82) is 0 Å². The molecule has 102 valence electrons. The fourth-order valence-electron chi connectivity index (χ4n) is 1.71. The van der Waals surface area contributed by atoms with Crippen LogP contribution in [0, 0.1) is 6.92 Å². The first kappa shape index (κ1) is 15.2. The maximum atomic E-state index is 11.9. The molecule has 0 saturated carbocycles. The van der Waals surface area contributed by atoms with E-state index < -0.39 is 10.0 Å². The molecule has 0 fully saturated rings. The summed E-state index contributed by atoms with van der Waals surface area (Å²) in [7, 11) is -3.45. The molecular formula is C10H17ClN4O2S. The maximum absolute atomic E-state index is 11.9. The van der Waals surface area contributed by atoms with Crippen LogP contribution >= 0.6 is 12.4 Å². The molecule has 3 N–H and O–H groups in total. The summed E-state index contributed by atoms with van der Waals surface area (Å²) < 4.78 is 26.5. The highest BCUT2D eigenvalue weighted by Crippen LogP contribution is 2.11. The molecule has 0 aromatic carbocycles. The van der Waals surface area contributed by atoms with Gasteiger partial charge in [0.15, 0.2) is 0 Å². The zero-order valence-electron chi connectivity index (χ0n) is 10.1. The van der Waals surface area contributed by atoms with Crippen molar-refractivity contribution < 1.29 is 8.42 Å². The third kappa shape index (κ3) is 3.55. The summed E-state index contributed by atoms with van der Waals surface area (Å²) in [6, 6.07) is 0. The van der Waals surface area contributed by atoms with Crippen LogP contribution in [-0.2, 0) is 10.0 Å². The monoisotopic (exact) mass is 292 g/mol.